The first-order valence-corrected chi connectivity index (χ1v) is 6.80. The molecule has 2 N–H and O–H groups in total. The molecule has 0 unspecified atom stereocenters. The second kappa shape index (κ2) is 7.92. The lowest BCUT2D eigenvalue weighted by atomic mass is 10.0. The normalized spacial score (nSPS) is 11.2. The molecule has 1 aromatic rings. The maximum atomic E-state index is 11.2. The molecule has 0 aliphatic heterocycles. The summed E-state index contributed by atoms with van der Waals surface area (Å²) in [7, 11) is 0. The van der Waals surface area contributed by atoms with Crippen molar-refractivity contribution in [1.82, 2.24) is 4.90 Å². The number of hydrogen-bond acceptors (Lipinski definition) is 3. The van der Waals surface area contributed by atoms with Gasteiger partial charge < -0.3 is 10.2 Å². The van der Waals surface area contributed by atoms with Crippen molar-refractivity contribution in [2.75, 3.05) is 13.2 Å². The maximum Gasteiger partial charge on any atom is 0.336 e. The monoisotopic (exact) mass is 265 g/mol. The standard InChI is InChI=1S/C15H23NO3/c1-3-13(4-2)16(9-10-17)11-12-7-5-6-8-14(12)15(18)19/h5-8,13,17H,3-4,9-11H2,1-2H3,(H,18,19). The van der Waals surface area contributed by atoms with Gasteiger partial charge in [0.2, 0.25) is 0 Å². The minimum absolute atomic E-state index is 0.0890. The van der Waals surface area contributed by atoms with Gasteiger partial charge in [0.15, 0.2) is 0 Å². The van der Waals surface area contributed by atoms with Crippen LogP contribution in [0.1, 0.15) is 42.6 Å². The predicted octanol–water partition coefficient (Wildman–Crippen LogP) is 2.37. The topological polar surface area (TPSA) is 60.8 Å². The lowest BCUT2D eigenvalue weighted by Crippen LogP contribution is -2.36. The number of carboxylic acids is 1. The van der Waals surface area contributed by atoms with Crippen molar-refractivity contribution in [2.24, 2.45) is 0 Å². The molecule has 1 aromatic carbocycles. The first kappa shape index (κ1) is 15.7. The van der Waals surface area contributed by atoms with E-state index in [-0.39, 0.29) is 6.61 Å². The van der Waals surface area contributed by atoms with E-state index in [2.05, 4.69) is 18.7 Å². The summed E-state index contributed by atoms with van der Waals surface area (Å²) in [5, 5.41) is 18.4. The first-order chi connectivity index (χ1) is 9.13. The first-order valence-electron chi connectivity index (χ1n) is 6.80. The summed E-state index contributed by atoms with van der Waals surface area (Å²) in [6.45, 7) is 5.45. The number of aromatic carboxylic acids is 1. The van der Waals surface area contributed by atoms with Crippen LogP contribution in [0.25, 0.3) is 0 Å². The van der Waals surface area contributed by atoms with Crippen LogP contribution in [0.3, 0.4) is 0 Å². The highest BCUT2D eigenvalue weighted by Gasteiger charge is 2.17. The van der Waals surface area contributed by atoms with E-state index >= 15 is 0 Å². The van der Waals surface area contributed by atoms with Crippen molar-refractivity contribution >= 4 is 5.97 Å². The number of carbonyl (C=O) groups is 1. The Hall–Kier alpha value is -1.39. The Kier molecular flexibility index (Phi) is 6.53. The zero-order valence-corrected chi connectivity index (χ0v) is 11.7. The van der Waals surface area contributed by atoms with Gasteiger partial charge in [-0.05, 0) is 24.5 Å². The molecular weight excluding hydrogens is 242 g/mol. The number of nitrogens with zero attached hydrogens (tertiary/aromatic N) is 1. The average Bonchev–Trinajstić information content (AvgIpc) is 2.40. The minimum atomic E-state index is -0.899. The van der Waals surface area contributed by atoms with E-state index in [1.165, 1.54) is 0 Å². The molecule has 0 saturated carbocycles. The van der Waals surface area contributed by atoms with Crippen LogP contribution in [0.5, 0.6) is 0 Å². The molecule has 0 aliphatic rings. The molecule has 0 amide bonds. The zero-order valence-electron chi connectivity index (χ0n) is 11.7. The van der Waals surface area contributed by atoms with Crippen LogP contribution in [-0.2, 0) is 6.54 Å². The van der Waals surface area contributed by atoms with Gasteiger partial charge in [-0.15, -0.1) is 0 Å². The highest BCUT2D eigenvalue weighted by molar-refractivity contribution is 5.89. The second-order valence-corrected chi connectivity index (χ2v) is 4.63. The molecule has 0 fully saturated rings. The van der Waals surface area contributed by atoms with Gasteiger partial charge in [-0.2, -0.15) is 0 Å². The lowest BCUT2D eigenvalue weighted by Gasteiger charge is -2.30. The lowest BCUT2D eigenvalue weighted by molar-refractivity contribution is 0.0692. The molecule has 0 saturated heterocycles. The molecule has 0 aromatic heterocycles. The Balaban J connectivity index is 2.93. The molecule has 0 aliphatic carbocycles. The third-order valence-corrected chi connectivity index (χ3v) is 3.47. The van der Waals surface area contributed by atoms with Crippen LogP contribution in [0, 0.1) is 0 Å². The smallest absolute Gasteiger partial charge is 0.336 e. The minimum Gasteiger partial charge on any atom is -0.478 e. The molecule has 106 valence electrons. The van der Waals surface area contributed by atoms with Crippen LogP contribution in [-0.4, -0.2) is 40.3 Å². The molecule has 1 rings (SSSR count). The fourth-order valence-electron chi connectivity index (χ4n) is 2.41. The maximum absolute atomic E-state index is 11.2. The van der Waals surface area contributed by atoms with Gasteiger partial charge in [-0.25, -0.2) is 4.79 Å². The van der Waals surface area contributed by atoms with E-state index in [1.807, 2.05) is 12.1 Å². The summed E-state index contributed by atoms with van der Waals surface area (Å²) in [5.41, 5.74) is 1.15. The van der Waals surface area contributed by atoms with Crippen LogP contribution >= 0.6 is 0 Å². The highest BCUT2D eigenvalue weighted by Crippen LogP contribution is 2.16. The summed E-state index contributed by atoms with van der Waals surface area (Å²) in [4.78, 5) is 13.4. The van der Waals surface area contributed by atoms with Crippen molar-refractivity contribution in [3.63, 3.8) is 0 Å². The predicted molar refractivity (Wildman–Crippen MR) is 75.3 cm³/mol. The van der Waals surface area contributed by atoms with Crippen molar-refractivity contribution < 1.29 is 15.0 Å². The molecule has 0 atom stereocenters. The van der Waals surface area contributed by atoms with Gasteiger partial charge in [0.1, 0.15) is 0 Å². The van der Waals surface area contributed by atoms with E-state index in [9.17, 15) is 15.0 Å². The number of benzene rings is 1. The summed E-state index contributed by atoms with van der Waals surface area (Å²) in [6.07, 6.45) is 1.98. The number of aliphatic hydroxyl groups excluding tert-OH is 1. The van der Waals surface area contributed by atoms with E-state index in [0.29, 0.717) is 24.7 Å². The molecule has 4 heteroatoms. The molecule has 4 nitrogen and oxygen atoms in total. The summed E-state index contributed by atoms with van der Waals surface area (Å²) >= 11 is 0. The highest BCUT2D eigenvalue weighted by atomic mass is 16.4. The Morgan fingerprint density at radius 2 is 1.89 bits per heavy atom. The Morgan fingerprint density at radius 3 is 2.42 bits per heavy atom. The van der Waals surface area contributed by atoms with Crippen LogP contribution in [0.15, 0.2) is 24.3 Å². The number of hydrogen-bond donors (Lipinski definition) is 2. The molecule has 0 bridgehead atoms. The van der Waals surface area contributed by atoms with Gasteiger partial charge in [-0.1, -0.05) is 32.0 Å². The zero-order chi connectivity index (χ0) is 14.3. The van der Waals surface area contributed by atoms with Crippen LogP contribution < -0.4 is 0 Å². The van der Waals surface area contributed by atoms with Crippen molar-refractivity contribution in [1.29, 1.82) is 0 Å². The van der Waals surface area contributed by atoms with Crippen molar-refractivity contribution in [3.05, 3.63) is 35.4 Å². The van der Waals surface area contributed by atoms with Crippen LogP contribution in [0.4, 0.5) is 0 Å². The van der Waals surface area contributed by atoms with Gasteiger partial charge >= 0.3 is 5.97 Å². The summed E-state index contributed by atoms with van der Waals surface area (Å²) < 4.78 is 0. The molecule has 19 heavy (non-hydrogen) atoms. The Morgan fingerprint density at radius 1 is 1.26 bits per heavy atom. The Bertz CT molecular complexity index is 402. The SMILES string of the molecule is CCC(CC)N(CCO)Cc1ccccc1C(=O)O. The number of aliphatic hydroxyl groups is 1. The fraction of sp³-hybridized carbons (Fsp3) is 0.533. The summed E-state index contributed by atoms with van der Waals surface area (Å²) in [5.74, 6) is -0.899. The average molecular weight is 265 g/mol. The van der Waals surface area contributed by atoms with Gasteiger partial charge in [0, 0.05) is 19.1 Å². The number of carboxylic acid groups (broad SMARTS) is 1. The number of rotatable bonds is 8. The van der Waals surface area contributed by atoms with Crippen LogP contribution in [0.2, 0.25) is 0 Å². The third-order valence-electron chi connectivity index (χ3n) is 3.47. The van der Waals surface area contributed by atoms with Gasteiger partial charge in [0.05, 0.1) is 12.2 Å². The van der Waals surface area contributed by atoms with Crippen molar-refractivity contribution in [2.45, 2.75) is 39.3 Å². The van der Waals surface area contributed by atoms with Gasteiger partial charge in [0.25, 0.3) is 0 Å². The van der Waals surface area contributed by atoms with E-state index in [1.54, 1.807) is 12.1 Å². The molecule has 0 spiro atoms. The van der Waals surface area contributed by atoms with Gasteiger partial charge in [-0.3, -0.25) is 4.90 Å². The molecule has 0 heterocycles. The molecule has 0 radical (unpaired) electrons. The quantitative estimate of drug-likeness (QED) is 0.757. The summed E-state index contributed by atoms with van der Waals surface area (Å²) in [6, 6.07) is 7.43. The van der Waals surface area contributed by atoms with E-state index in [4.69, 9.17) is 0 Å². The van der Waals surface area contributed by atoms with E-state index < -0.39 is 5.97 Å². The fourth-order valence-corrected chi connectivity index (χ4v) is 2.41. The Labute approximate surface area is 114 Å². The third kappa shape index (κ3) is 4.33. The second-order valence-electron chi connectivity index (χ2n) is 4.63. The largest absolute Gasteiger partial charge is 0.478 e. The molecular formula is C15H23NO3. The van der Waals surface area contributed by atoms with Crippen molar-refractivity contribution in [3.8, 4) is 0 Å². The van der Waals surface area contributed by atoms with E-state index in [0.717, 1.165) is 18.4 Å².